The van der Waals surface area contributed by atoms with Crippen molar-refractivity contribution in [2.24, 2.45) is 0 Å². The molecular formula is C26H25NO4. The highest BCUT2D eigenvalue weighted by atomic mass is 16.5. The van der Waals surface area contributed by atoms with Crippen molar-refractivity contribution in [1.82, 2.24) is 5.32 Å². The lowest BCUT2D eigenvalue weighted by molar-refractivity contribution is 0.0696. The lowest BCUT2D eigenvalue weighted by Crippen LogP contribution is -2.27. The van der Waals surface area contributed by atoms with Gasteiger partial charge in [0.05, 0.1) is 11.1 Å². The number of para-hydroxylation sites is 1. The number of ether oxygens (including phenoxy) is 1. The Morgan fingerprint density at radius 1 is 0.968 bits per heavy atom. The summed E-state index contributed by atoms with van der Waals surface area (Å²) in [5, 5.41) is 12.0. The molecule has 1 aliphatic heterocycles. The van der Waals surface area contributed by atoms with E-state index >= 15 is 0 Å². The SMILES string of the molecule is CC1(C)Cc2cccc(C(=O)NCCc3ccc(-c4ccc(C(=O)O)cc4)cc3)c2O1. The zero-order valence-corrected chi connectivity index (χ0v) is 17.6. The number of nitrogens with one attached hydrogen (secondary N) is 1. The number of fused-ring (bicyclic) bond motifs is 1. The maximum atomic E-state index is 12.7. The van der Waals surface area contributed by atoms with Crippen molar-refractivity contribution < 1.29 is 19.4 Å². The predicted octanol–water partition coefficient (Wildman–Crippen LogP) is 4.74. The summed E-state index contributed by atoms with van der Waals surface area (Å²) in [5.74, 6) is -0.354. The molecule has 0 atom stereocenters. The van der Waals surface area contributed by atoms with Gasteiger partial charge in [0, 0.05) is 13.0 Å². The predicted molar refractivity (Wildman–Crippen MR) is 120 cm³/mol. The van der Waals surface area contributed by atoms with Crippen molar-refractivity contribution in [3.05, 3.63) is 89.0 Å². The highest BCUT2D eigenvalue weighted by Gasteiger charge is 2.32. The average molecular weight is 415 g/mol. The van der Waals surface area contributed by atoms with E-state index in [0.29, 0.717) is 24.3 Å². The first-order valence-corrected chi connectivity index (χ1v) is 10.3. The fourth-order valence-corrected chi connectivity index (χ4v) is 3.88. The fourth-order valence-electron chi connectivity index (χ4n) is 3.88. The van der Waals surface area contributed by atoms with Crippen LogP contribution >= 0.6 is 0 Å². The Balaban J connectivity index is 1.35. The van der Waals surface area contributed by atoms with E-state index in [2.05, 4.69) is 5.32 Å². The van der Waals surface area contributed by atoms with Crippen LogP contribution in [0.2, 0.25) is 0 Å². The third-order valence-electron chi connectivity index (χ3n) is 5.45. The second kappa shape index (κ2) is 8.26. The van der Waals surface area contributed by atoms with Gasteiger partial charge in [0.25, 0.3) is 5.91 Å². The van der Waals surface area contributed by atoms with E-state index in [0.717, 1.165) is 28.7 Å². The van der Waals surface area contributed by atoms with Crippen LogP contribution in [0, 0.1) is 0 Å². The third kappa shape index (κ3) is 4.61. The summed E-state index contributed by atoms with van der Waals surface area (Å²) < 4.78 is 5.99. The van der Waals surface area contributed by atoms with E-state index in [9.17, 15) is 9.59 Å². The fraction of sp³-hybridized carbons (Fsp3) is 0.231. The lowest BCUT2D eigenvalue weighted by Gasteiger charge is -2.18. The zero-order valence-electron chi connectivity index (χ0n) is 17.6. The van der Waals surface area contributed by atoms with Crippen LogP contribution in [0.4, 0.5) is 0 Å². The van der Waals surface area contributed by atoms with E-state index in [4.69, 9.17) is 9.84 Å². The standard InChI is InChI=1S/C26H25NO4/c1-26(2)16-21-4-3-5-22(23(21)31-26)24(28)27-15-14-17-6-8-18(9-7-17)19-10-12-20(13-11-19)25(29)30/h3-13H,14-16H2,1-2H3,(H,27,28)(H,29,30). The van der Waals surface area contributed by atoms with E-state index in [1.165, 1.54) is 0 Å². The number of carbonyl (C=O) groups excluding carboxylic acids is 1. The number of carboxylic acids is 1. The minimum Gasteiger partial charge on any atom is -0.486 e. The van der Waals surface area contributed by atoms with Crippen molar-refractivity contribution in [3.63, 3.8) is 0 Å². The molecule has 0 aliphatic carbocycles. The molecule has 1 aliphatic rings. The molecule has 0 unspecified atom stereocenters. The molecule has 2 N–H and O–H groups in total. The van der Waals surface area contributed by atoms with Crippen LogP contribution in [-0.4, -0.2) is 29.1 Å². The van der Waals surface area contributed by atoms with Crippen molar-refractivity contribution >= 4 is 11.9 Å². The van der Waals surface area contributed by atoms with Crippen LogP contribution in [0.5, 0.6) is 5.75 Å². The molecule has 1 heterocycles. The third-order valence-corrected chi connectivity index (χ3v) is 5.45. The highest BCUT2D eigenvalue weighted by molar-refractivity contribution is 5.97. The van der Waals surface area contributed by atoms with Gasteiger partial charge < -0.3 is 15.2 Å². The van der Waals surface area contributed by atoms with Crippen molar-refractivity contribution in [1.29, 1.82) is 0 Å². The van der Waals surface area contributed by atoms with Gasteiger partial charge in [0.2, 0.25) is 0 Å². The maximum Gasteiger partial charge on any atom is 0.335 e. The van der Waals surface area contributed by atoms with Crippen LogP contribution in [0.15, 0.2) is 66.7 Å². The van der Waals surface area contributed by atoms with Gasteiger partial charge in [-0.05, 0) is 60.7 Å². The molecule has 3 aromatic carbocycles. The molecule has 5 heteroatoms. The van der Waals surface area contributed by atoms with Gasteiger partial charge in [0.15, 0.2) is 0 Å². The van der Waals surface area contributed by atoms with Crippen LogP contribution in [-0.2, 0) is 12.8 Å². The lowest BCUT2D eigenvalue weighted by atomic mass is 10.0. The molecule has 0 bridgehead atoms. The van der Waals surface area contributed by atoms with Crippen LogP contribution in [0.25, 0.3) is 11.1 Å². The molecule has 31 heavy (non-hydrogen) atoms. The number of hydrogen-bond donors (Lipinski definition) is 2. The first-order valence-electron chi connectivity index (χ1n) is 10.3. The molecule has 5 nitrogen and oxygen atoms in total. The van der Waals surface area contributed by atoms with Gasteiger partial charge in [-0.2, -0.15) is 0 Å². The second-order valence-corrected chi connectivity index (χ2v) is 8.42. The van der Waals surface area contributed by atoms with E-state index < -0.39 is 5.97 Å². The maximum absolute atomic E-state index is 12.7. The smallest absolute Gasteiger partial charge is 0.335 e. The molecule has 0 spiro atoms. The Bertz CT molecular complexity index is 1120. The summed E-state index contributed by atoms with van der Waals surface area (Å²) in [5.41, 5.74) is 4.74. The summed E-state index contributed by atoms with van der Waals surface area (Å²) in [6.07, 6.45) is 1.51. The molecule has 0 saturated carbocycles. The van der Waals surface area contributed by atoms with Crippen LogP contribution in [0.1, 0.15) is 45.7 Å². The number of carboxylic acid groups (broad SMARTS) is 1. The Morgan fingerprint density at radius 3 is 2.26 bits per heavy atom. The number of hydrogen-bond acceptors (Lipinski definition) is 3. The summed E-state index contributed by atoms with van der Waals surface area (Å²) in [4.78, 5) is 23.7. The highest BCUT2D eigenvalue weighted by Crippen LogP contribution is 2.37. The molecule has 1 amide bonds. The molecule has 0 radical (unpaired) electrons. The molecule has 158 valence electrons. The number of amides is 1. The minimum atomic E-state index is -0.931. The number of aromatic carboxylic acids is 1. The van der Waals surface area contributed by atoms with E-state index in [1.807, 2.05) is 50.2 Å². The molecule has 3 aromatic rings. The first-order chi connectivity index (χ1) is 14.8. The summed E-state index contributed by atoms with van der Waals surface area (Å²) in [6, 6.07) is 20.6. The summed E-state index contributed by atoms with van der Waals surface area (Å²) in [7, 11) is 0. The molecule has 4 rings (SSSR count). The monoisotopic (exact) mass is 415 g/mol. The molecule has 0 fully saturated rings. The number of rotatable bonds is 6. The normalized spacial score (nSPS) is 13.9. The molecule has 0 aromatic heterocycles. The Hall–Kier alpha value is -3.60. The first kappa shape index (κ1) is 20.7. The average Bonchev–Trinajstić information content (AvgIpc) is 3.08. The Kier molecular flexibility index (Phi) is 5.51. The summed E-state index contributed by atoms with van der Waals surface area (Å²) in [6.45, 7) is 4.58. The van der Waals surface area contributed by atoms with E-state index in [-0.39, 0.29) is 17.1 Å². The zero-order chi connectivity index (χ0) is 22.0. The van der Waals surface area contributed by atoms with Gasteiger partial charge in [-0.1, -0.05) is 48.5 Å². The largest absolute Gasteiger partial charge is 0.486 e. The van der Waals surface area contributed by atoms with Crippen LogP contribution < -0.4 is 10.1 Å². The summed E-state index contributed by atoms with van der Waals surface area (Å²) >= 11 is 0. The molecule has 0 saturated heterocycles. The van der Waals surface area contributed by atoms with Crippen molar-refractivity contribution in [3.8, 4) is 16.9 Å². The van der Waals surface area contributed by atoms with Crippen molar-refractivity contribution in [2.45, 2.75) is 32.3 Å². The van der Waals surface area contributed by atoms with Gasteiger partial charge in [-0.3, -0.25) is 4.79 Å². The minimum absolute atomic E-state index is 0.121. The topological polar surface area (TPSA) is 75.6 Å². The van der Waals surface area contributed by atoms with Gasteiger partial charge in [0.1, 0.15) is 11.4 Å². The van der Waals surface area contributed by atoms with Crippen molar-refractivity contribution in [2.75, 3.05) is 6.54 Å². The number of benzene rings is 3. The van der Waals surface area contributed by atoms with Gasteiger partial charge in [-0.25, -0.2) is 4.79 Å². The Labute approximate surface area is 181 Å². The van der Waals surface area contributed by atoms with E-state index in [1.54, 1.807) is 30.3 Å². The Morgan fingerprint density at radius 2 is 1.61 bits per heavy atom. The van der Waals surface area contributed by atoms with Crippen LogP contribution in [0.3, 0.4) is 0 Å². The second-order valence-electron chi connectivity index (χ2n) is 8.42. The van der Waals surface area contributed by atoms with Gasteiger partial charge >= 0.3 is 5.97 Å². The number of carbonyl (C=O) groups is 2. The van der Waals surface area contributed by atoms with Gasteiger partial charge in [-0.15, -0.1) is 0 Å². The molecular weight excluding hydrogens is 390 g/mol. The quantitative estimate of drug-likeness (QED) is 0.610.